The number of carbonyl (C=O) groups excluding carboxylic acids is 1. The fourth-order valence-electron chi connectivity index (χ4n) is 2.60. The van der Waals surface area contributed by atoms with Gasteiger partial charge in [0.25, 0.3) is 0 Å². The van der Waals surface area contributed by atoms with E-state index in [-0.39, 0.29) is 12.6 Å². The highest BCUT2D eigenvalue weighted by Gasteiger charge is 2.04. The number of rotatable bonds is 5. The summed E-state index contributed by atoms with van der Waals surface area (Å²) in [6.45, 7) is 7.79. The molecule has 0 bridgehead atoms. The highest BCUT2D eigenvalue weighted by atomic mass is 16.6. The molecule has 0 atom stereocenters. The average Bonchev–Trinajstić information content (AvgIpc) is 2.56. The van der Waals surface area contributed by atoms with Crippen molar-refractivity contribution >= 4 is 27.5 Å². The van der Waals surface area contributed by atoms with Crippen molar-refractivity contribution in [3.63, 3.8) is 0 Å². The Bertz CT molecular complexity index is 925. The van der Waals surface area contributed by atoms with Crippen molar-refractivity contribution in [3.8, 4) is 5.75 Å². The summed E-state index contributed by atoms with van der Waals surface area (Å²) in [5.41, 5.74) is 1.65. The molecule has 3 nitrogen and oxygen atoms in total. The monoisotopic (exact) mass is 320 g/mol. The Kier molecular flexibility index (Phi) is 4.52. The Hall–Kier alpha value is -2.81. The molecule has 0 spiro atoms. The van der Waals surface area contributed by atoms with Crippen molar-refractivity contribution in [2.75, 3.05) is 13.2 Å². The minimum absolute atomic E-state index is 0.209. The molecule has 0 unspecified atom stereocenters. The van der Waals surface area contributed by atoms with E-state index in [4.69, 9.17) is 9.47 Å². The Balaban J connectivity index is 1.73. The normalized spacial score (nSPS) is 10.8. The molecule has 0 heterocycles. The molecule has 3 rings (SSSR count). The second kappa shape index (κ2) is 6.75. The van der Waals surface area contributed by atoms with Crippen LogP contribution in [0.25, 0.3) is 21.5 Å². The third-order valence-electron chi connectivity index (χ3n) is 3.86. The van der Waals surface area contributed by atoms with Crippen LogP contribution < -0.4 is 4.74 Å². The lowest BCUT2D eigenvalue weighted by molar-refractivity contribution is -0.139. The minimum atomic E-state index is -0.390. The number of ether oxygens (including phenoxy) is 2. The van der Waals surface area contributed by atoms with E-state index >= 15 is 0 Å². The van der Waals surface area contributed by atoms with Gasteiger partial charge in [0.2, 0.25) is 0 Å². The van der Waals surface area contributed by atoms with Crippen LogP contribution in [0.4, 0.5) is 0 Å². The average molecular weight is 320 g/mol. The van der Waals surface area contributed by atoms with Crippen molar-refractivity contribution in [2.24, 2.45) is 0 Å². The highest BCUT2D eigenvalue weighted by molar-refractivity contribution is 5.98. The summed E-state index contributed by atoms with van der Waals surface area (Å²) >= 11 is 0. The maximum atomic E-state index is 11.3. The van der Waals surface area contributed by atoms with Crippen LogP contribution in [-0.2, 0) is 9.53 Å². The predicted molar refractivity (Wildman–Crippen MR) is 97.5 cm³/mol. The molecule has 0 aromatic heterocycles. The number of esters is 1. The lowest BCUT2D eigenvalue weighted by Gasteiger charge is -2.09. The molecule has 3 aromatic carbocycles. The number of hydrogen-bond donors (Lipinski definition) is 0. The van der Waals surface area contributed by atoms with Gasteiger partial charge in [-0.25, -0.2) is 4.79 Å². The number of benzene rings is 3. The lowest BCUT2D eigenvalue weighted by Crippen LogP contribution is -2.12. The van der Waals surface area contributed by atoms with E-state index in [1.807, 2.05) is 18.2 Å². The molecule has 24 heavy (non-hydrogen) atoms. The van der Waals surface area contributed by atoms with Gasteiger partial charge in [0.15, 0.2) is 0 Å². The largest absolute Gasteiger partial charge is 0.490 e. The van der Waals surface area contributed by atoms with Gasteiger partial charge in [-0.15, -0.1) is 0 Å². The van der Waals surface area contributed by atoms with Crippen molar-refractivity contribution in [1.82, 2.24) is 0 Å². The summed E-state index contributed by atoms with van der Waals surface area (Å²) in [6.07, 6.45) is 0. The summed E-state index contributed by atoms with van der Waals surface area (Å²) in [5.74, 6) is 0.374. The smallest absolute Gasteiger partial charge is 0.333 e. The van der Waals surface area contributed by atoms with Gasteiger partial charge in [0.1, 0.15) is 19.0 Å². The zero-order valence-corrected chi connectivity index (χ0v) is 14.0. The first kappa shape index (κ1) is 16.1. The van der Waals surface area contributed by atoms with Crippen molar-refractivity contribution in [2.45, 2.75) is 13.8 Å². The van der Waals surface area contributed by atoms with E-state index in [9.17, 15) is 4.79 Å². The van der Waals surface area contributed by atoms with E-state index < -0.39 is 0 Å². The summed E-state index contributed by atoms with van der Waals surface area (Å²) in [4.78, 5) is 11.3. The fourth-order valence-corrected chi connectivity index (χ4v) is 2.60. The van der Waals surface area contributed by atoms with Crippen molar-refractivity contribution in [1.29, 1.82) is 0 Å². The Morgan fingerprint density at radius 2 is 1.58 bits per heavy atom. The molecule has 0 radical (unpaired) electrons. The van der Waals surface area contributed by atoms with Crippen LogP contribution in [0.2, 0.25) is 0 Å². The second-order valence-electron chi connectivity index (χ2n) is 5.98. The van der Waals surface area contributed by atoms with Crippen LogP contribution in [-0.4, -0.2) is 19.2 Å². The molecule has 3 aromatic rings. The third kappa shape index (κ3) is 3.57. The first-order valence-electron chi connectivity index (χ1n) is 7.92. The topological polar surface area (TPSA) is 35.5 Å². The van der Waals surface area contributed by atoms with Crippen LogP contribution in [0.5, 0.6) is 5.75 Å². The van der Waals surface area contributed by atoms with Crippen LogP contribution in [0.3, 0.4) is 0 Å². The molecule has 0 saturated carbocycles. The molecule has 122 valence electrons. The van der Waals surface area contributed by atoms with Crippen molar-refractivity contribution in [3.05, 3.63) is 66.2 Å². The summed E-state index contributed by atoms with van der Waals surface area (Å²) in [5, 5.41) is 4.75. The number of fused-ring (bicyclic) bond motifs is 2. The molecule has 0 fully saturated rings. The SMILES string of the molecule is C=C(C)C(=O)OCCOc1ccc2cc3cc(C)ccc3cc2c1. The molecule has 0 amide bonds. The summed E-state index contributed by atoms with van der Waals surface area (Å²) in [7, 11) is 0. The molecular weight excluding hydrogens is 300 g/mol. The standard InChI is InChI=1S/C21H20O3/c1-14(2)21(22)24-9-8-23-20-7-6-17-11-18-10-15(3)4-5-16(18)12-19(17)13-20/h4-7,10-13H,1,8-9H2,2-3H3. The van der Waals surface area contributed by atoms with E-state index in [1.54, 1.807) is 6.92 Å². The molecular formula is C21H20O3. The van der Waals surface area contributed by atoms with E-state index in [2.05, 4.69) is 43.8 Å². The van der Waals surface area contributed by atoms with E-state index in [0.717, 1.165) is 11.1 Å². The van der Waals surface area contributed by atoms with Gasteiger partial charge in [0.05, 0.1) is 0 Å². The lowest BCUT2D eigenvalue weighted by atomic mass is 10.0. The predicted octanol–water partition coefficient (Wildman–Crippen LogP) is 4.80. The molecule has 0 saturated heterocycles. The zero-order valence-electron chi connectivity index (χ0n) is 14.0. The molecule has 0 N–H and O–H groups in total. The van der Waals surface area contributed by atoms with Gasteiger partial charge in [-0.3, -0.25) is 0 Å². The van der Waals surface area contributed by atoms with Gasteiger partial charge in [0, 0.05) is 5.57 Å². The summed E-state index contributed by atoms with van der Waals surface area (Å²) in [6, 6.07) is 16.8. The molecule has 0 aliphatic rings. The number of hydrogen-bond acceptors (Lipinski definition) is 3. The van der Waals surface area contributed by atoms with Gasteiger partial charge in [-0.2, -0.15) is 0 Å². The van der Waals surface area contributed by atoms with E-state index in [1.165, 1.54) is 21.7 Å². The van der Waals surface area contributed by atoms with Crippen LogP contribution >= 0.6 is 0 Å². The summed E-state index contributed by atoms with van der Waals surface area (Å²) < 4.78 is 10.7. The maximum absolute atomic E-state index is 11.3. The van der Waals surface area contributed by atoms with Gasteiger partial charge in [-0.05, 0) is 59.7 Å². The van der Waals surface area contributed by atoms with Crippen LogP contribution in [0, 0.1) is 6.92 Å². The highest BCUT2D eigenvalue weighted by Crippen LogP contribution is 2.26. The number of carbonyl (C=O) groups is 1. The van der Waals surface area contributed by atoms with Crippen LogP contribution in [0.1, 0.15) is 12.5 Å². The molecule has 0 aliphatic heterocycles. The fraction of sp³-hybridized carbons (Fsp3) is 0.190. The second-order valence-corrected chi connectivity index (χ2v) is 5.98. The van der Waals surface area contributed by atoms with Crippen molar-refractivity contribution < 1.29 is 14.3 Å². The number of aryl methyl sites for hydroxylation is 1. The van der Waals surface area contributed by atoms with Gasteiger partial charge >= 0.3 is 5.97 Å². The van der Waals surface area contributed by atoms with Gasteiger partial charge in [-0.1, -0.05) is 36.4 Å². The minimum Gasteiger partial charge on any atom is -0.490 e. The quantitative estimate of drug-likeness (QED) is 0.293. The van der Waals surface area contributed by atoms with Gasteiger partial charge < -0.3 is 9.47 Å². The molecule has 3 heteroatoms. The Labute approximate surface area is 141 Å². The van der Waals surface area contributed by atoms with E-state index in [0.29, 0.717) is 12.2 Å². The Morgan fingerprint density at radius 3 is 2.29 bits per heavy atom. The Morgan fingerprint density at radius 1 is 0.917 bits per heavy atom. The van der Waals surface area contributed by atoms with Crippen LogP contribution in [0.15, 0.2) is 60.7 Å². The first-order valence-corrected chi connectivity index (χ1v) is 7.92. The molecule has 0 aliphatic carbocycles. The zero-order chi connectivity index (χ0) is 17.1. The maximum Gasteiger partial charge on any atom is 0.333 e. The first-order chi connectivity index (χ1) is 11.5. The third-order valence-corrected chi connectivity index (χ3v) is 3.86.